The molecule has 0 aliphatic heterocycles. The van der Waals surface area contributed by atoms with E-state index in [1.807, 2.05) is 0 Å². The van der Waals surface area contributed by atoms with Crippen LogP contribution in [-0.4, -0.2) is 15.8 Å². The van der Waals surface area contributed by atoms with E-state index in [9.17, 15) is 0 Å². The van der Waals surface area contributed by atoms with Gasteiger partial charge in [0.05, 0.1) is 11.4 Å². The van der Waals surface area contributed by atoms with Gasteiger partial charge in [0.2, 0.25) is 0 Å². The van der Waals surface area contributed by atoms with Gasteiger partial charge in [0.1, 0.15) is 0 Å². The van der Waals surface area contributed by atoms with Crippen molar-refractivity contribution in [2.24, 2.45) is 0 Å². The van der Waals surface area contributed by atoms with E-state index in [2.05, 4.69) is 6.92 Å². The third kappa shape index (κ3) is 1.57. The van der Waals surface area contributed by atoms with Crippen LogP contribution in [0.3, 0.4) is 0 Å². The molecule has 0 saturated carbocycles. The highest BCUT2D eigenvalue weighted by molar-refractivity contribution is 5.22. The molecule has 2 nitrogen and oxygen atoms in total. The Balaban J connectivity index is 2.73. The summed E-state index contributed by atoms with van der Waals surface area (Å²) in [6.07, 6.45) is 4.89. The van der Waals surface area contributed by atoms with Crippen LogP contribution in [0.2, 0.25) is 0 Å². The summed E-state index contributed by atoms with van der Waals surface area (Å²) in [7, 11) is 0. The predicted molar refractivity (Wildman–Crippen MR) is 34.8 cm³/mol. The molecule has 0 aromatic rings. The van der Waals surface area contributed by atoms with Gasteiger partial charge in [-0.1, -0.05) is 12.2 Å². The van der Waals surface area contributed by atoms with Gasteiger partial charge in [-0.3, -0.25) is 0 Å². The van der Waals surface area contributed by atoms with Crippen molar-refractivity contribution in [1.29, 1.82) is 0 Å². The Labute approximate surface area is 54.1 Å². The molecule has 0 saturated heterocycles. The molecule has 0 aromatic heterocycles. The zero-order valence-corrected chi connectivity index (χ0v) is 5.04. The van der Waals surface area contributed by atoms with Crippen molar-refractivity contribution in [3.8, 4) is 0 Å². The molecule has 1 rings (SSSR count). The molecular weight excluding hydrogens is 116 g/mol. The summed E-state index contributed by atoms with van der Waals surface area (Å²) < 4.78 is 0. The molecule has 1 radical (unpaired) electrons. The SMILES string of the molecule is [CH2]C1(O)C=CC=C(O)C1. The zero-order chi connectivity index (χ0) is 6.91. The van der Waals surface area contributed by atoms with Gasteiger partial charge in [0.25, 0.3) is 0 Å². The largest absolute Gasteiger partial charge is 0.512 e. The van der Waals surface area contributed by atoms with E-state index in [1.165, 1.54) is 0 Å². The monoisotopic (exact) mass is 125 g/mol. The van der Waals surface area contributed by atoms with Crippen molar-refractivity contribution >= 4 is 0 Å². The average Bonchev–Trinajstić information content (AvgIpc) is 1.60. The number of hydrogen-bond donors (Lipinski definition) is 2. The van der Waals surface area contributed by atoms with Crippen molar-refractivity contribution in [2.75, 3.05) is 0 Å². The lowest BCUT2D eigenvalue weighted by Gasteiger charge is -2.20. The zero-order valence-electron chi connectivity index (χ0n) is 5.04. The van der Waals surface area contributed by atoms with Gasteiger partial charge in [0.15, 0.2) is 0 Å². The fraction of sp³-hybridized carbons (Fsp3) is 0.286. The number of aliphatic hydroxyl groups excluding tert-OH is 1. The first kappa shape index (κ1) is 6.36. The molecule has 0 spiro atoms. The third-order valence-corrected chi connectivity index (χ3v) is 1.18. The Morgan fingerprint density at radius 1 is 1.67 bits per heavy atom. The lowest BCUT2D eigenvalue weighted by atomic mass is 9.97. The van der Waals surface area contributed by atoms with Crippen LogP contribution < -0.4 is 0 Å². The first-order valence-electron chi connectivity index (χ1n) is 2.75. The summed E-state index contributed by atoms with van der Waals surface area (Å²) >= 11 is 0. The van der Waals surface area contributed by atoms with Gasteiger partial charge in [-0.25, -0.2) is 0 Å². The second-order valence-electron chi connectivity index (χ2n) is 2.30. The third-order valence-electron chi connectivity index (χ3n) is 1.18. The Bertz CT molecular complexity index is 166. The summed E-state index contributed by atoms with van der Waals surface area (Å²) in [5.74, 6) is 0.176. The van der Waals surface area contributed by atoms with Crippen molar-refractivity contribution in [2.45, 2.75) is 12.0 Å². The van der Waals surface area contributed by atoms with Crippen molar-refractivity contribution < 1.29 is 10.2 Å². The number of hydrogen-bond acceptors (Lipinski definition) is 2. The van der Waals surface area contributed by atoms with Crippen molar-refractivity contribution in [3.05, 3.63) is 30.9 Å². The molecule has 0 amide bonds. The van der Waals surface area contributed by atoms with E-state index < -0.39 is 5.60 Å². The Kier molecular flexibility index (Phi) is 1.33. The summed E-state index contributed by atoms with van der Waals surface area (Å²) in [6, 6.07) is 0. The lowest BCUT2D eigenvalue weighted by molar-refractivity contribution is 0.123. The van der Waals surface area contributed by atoms with Gasteiger partial charge < -0.3 is 10.2 Å². The second kappa shape index (κ2) is 1.88. The summed E-state index contributed by atoms with van der Waals surface area (Å²) in [6.45, 7) is 3.45. The molecule has 1 unspecified atom stereocenters. The molecule has 2 heteroatoms. The lowest BCUT2D eigenvalue weighted by Crippen LogP contribution is -2.23. The molecule has 2 N–H and O–H groups in total. The molecule has 1 aliphatic carbocycles. The highest BCUT2D eigenvalue weighted by atomic mass is 16.3. The van der Waals surface area contributed by atoms with Crippen molar-refractivity contribution in [1.82, 2.24) is 0 Å². The van der Waals surface area contributed by atoms with E-state index in [0.717, 1.165) is 0 Å². The van der Waals surface area contributed by atoms with Gasteiger partial charge in [0, 0.05) is 6.42 Å². The van der Waals surface area contributed by atoms with Crippen LogP contribution in [0.5, 0.6) is 0 Å². The quantitative estimate of drug-likeness (QED) is 0.506. The Morgan fingerprint density at radius 2 is 2.33 bits per heavy atom. The maximum atomic E-state index is 9.15. The Hall–Kier alpha value is -0.760. The molecule has 1 aliphatic rings. The number of aliphatic hydroxyl groups is 2. The molecule has 9 heavy (non-hydrogen) atoms. The van der Waals surface area contributed by atoms with E-state index in [0.29, 0.717) is 0 Å². The van der Waals surface area contributed by atoms with E-state index in [1.54, 1.807) is 18.2 Å². The number of allylic oxidation sites excluding steroid dienone is 2. The van der Waals surface area contributed by atoms with Crippen LogP contribution in [0, 0.1) is 6.92 Å². The van der Waals surface area contributed by atoms with Crippen LogP contribution in [0.15, 0.2) is 24.0 Å². The molecule has 49 valence electrons. The first-order valence-corrected chi connectivity index (χ1v) is 2.75. The second-order valence-corrected chi connectivity index (χ2v) is 2.30. The van der Waals surface area contributed by atoms with E-state index in [-0.39, 0.29) is 12.2 Å². The fourth-order valence-corrected chi connectivity index (χ4v) is 0.770. The topological polar surface area (TPSA) is 40.5 Å². The van der Waals surface area contributed by atoms with Crippen molar-refractivity contribution in [3.63, 3.8) is 0 Å². The first-order chi connectivity index (χ1) is 4.10. The summed E-state index contributed by atoms with van der Waals surface area (Å²) in [5.41, 5.74) is -1.10. The van der Waals surface area contributed by atoms with Gasteiger partial charge in [-0.2, -0.15) is 0 Å². The van der Waals surface area contributed by atoms with Crippen LogP contribution in [0.25, 0.3) is 0 Å². The Morgan fingerprint density at radius 3 is 2.67 bits per heavy atom. The minimum absolute atomic E-state index is 0.176. The fourth-order valence-electron chi connectivity index (χ4n) is 0.770. The predicted octanol–water partition coefficient (Wildman–Crippen LogP) is 0.953. The average molecular weight is 125 g/mol. The maximum Gasteiger partial charge on any atom is 0.0954 e. The van der Waals surface area contributed by atoms with Gasteiger partial charge in [-0.05, 0) is 13.0 Å². The minimum atomic E-state index is -1.10. The van der Waals surface area contributed by atoms with Gasteiger partial charge >= 0.3 is 0 Å². The van der Waals surface area contributed by atoms with Gasteiger partial charge in [-0.15, -0.1) is 0 Å². The minimum Gasteiger partial charge on any atom is -0.512 e. The molecule has 0 heterocycles. The van der Waals surface area contributed by atoms with E-state index in [4.69, 9.17) is 10.2 Å². The van der Waals surface area contributed by atoms with E-state index >= 15 is 0 Å². The highest BCUT2D eigenvalue weighted by Crippen LogP contribution is 2.19. The smallest absolute Gasteiger partial charge is 0.0954 e. The van der Waals surface area contributed by atoms with Crippen LogP contribution in [-0.2, 0) is 0 Å². The molecule has 0 bridgehead atoms. The molecule has 0 fully saturated rings. The number of rotatable bonds is 0. The molecule has 0 aromatic carbocycles. The summed E-state index contributed by atoms with van der Waals surface area (Å²) in [4.78, 5) is 0. The molecular formula is C7H9O2. The standard InChI is InChI=1S/C7H9O2/c1-7(9)4-2-3-6(8)5-7/h2-4,8-9H,1,5H2. The summed E-state index contributed by atoms with van der Waals surface area (Å²) in [5, 5.41) is 18.0. The maximum absolute atomic E-state index is 9.15. The highest BCUT2D eigenvalue weighted by Gasteiger charge is 2.20. The van der Waals surface area contributed by atoms with Crippen LogP contribution in [0.1, 0.15) is 6.42 Å². The normalized spacial score (nSPS) is 34.2. The van der Waals surface area contributed by atoms with Crippen LogP contribution >= 0.6 is 0 Å². The van der Waals surface area contributed by atoms with Crippen LogP contribution in [0.4, 0.5) is 0 Å². The molecule has 1 atom stereocenters.